The molecule has 0 radical (unpaired) electrons. The highest BCUT2D eigenvalue weighted by atomic mass is 16.5. The van der Waals surface area contributed by atoms with Gasteiger partial charge < -0.3 is 14.4 Å². The van der Waals surface area contributed by atoms with Gasteiger partial charge in [0, 0.05) is 13.1 Å². The van der Waals surface area contributed by atoms with Crippen LogP contribution in [-0.2, 0) is 22.5 Å². The van der Waals surface area contributed by atoms with E-state index in [0.29, 0.717) is 24.4 Å². The zero-order chi connectivity index (χ0) is 20.9. The highest BCUT2D eigenvalue weighted by Gasteiger charge is 2.27. The van der Waals surface area contributed by atoms with E-state index in [9.17, 15) is 9.59 Å². The van der Waals surface area contributed by atoms with Crippen molar-refractivity contribution < 1.29 is 19.1 Å². The summed E-state index contributed by atoms with van der Waals surface area (Å²) < 4.78 is 11.2. The minimum absolute atomic E-state index is 0.179. The molecule has 0 saturated heterocycles. The first-order valence-electron chi connectivity index (χ1n) is 9.99. The average Bonchev–Trinajstić information content (AvgIpc) is 2.79. The number of fused-ring (bicyclic) bond motifs is 1. The van der Waals surface area contributed by atoms with E-state index < -0.39 is 12.1 Å². The van der Waals surface area contributed by atoms with Crippen LogP contribution in [0.1, 0.15) is 28.4 Å². The number of para-hydroxylation sites is 1. The number of benzene rings is 3. The fraction of sp³-hybridized carbons (Fsp3) is 0.200. The lowest BCUT2D eigenvalue weighted by atomic mass is 9.99. The van der Waals surface area contributed by atoms with Gasteiger partial charge in [0.1, 0.15) is 11.5 Å². The van der Waals surface area contributed by atoms with Crippen LogP contribution in [0.2, 0.25) is 0 Å². The topological polar surface area (TPSA) is 55.8 Å². The zero-order valence-corrected chi connectivity index (χ0v) is 16.8. The molecule has 0 unspecified atom stereocenters. The zero-order valence-electron chi connectivity index (χ0n) is 16.8. The maximum atomic E-state index is 12.8. The fourth-order valence-corrected chi connectivity index (χ4v) is 3.50. The first-order valence-corrected chi connectivity index (χ1v) is 9.99. The Morgan fingerprint density at radius 3 is 2.20 bits per heavy atom. The first kappa shape index (κ1) is 19.7. The van der Waals surface area contributed by atoms with Gasteiger partial charge in [0.2, 0.25) is 0 Å². The van der Waals surface area contributed by atoms with E-state index in [1.807, 2.05) is 48.5 Å². The summed E-state index contributed by atoms with van der Waals surface area (Å²) in [7, 11) is 0. The third kappa shape index (κ3) is 4.51. The van der Waals surface area contributed by atoms with Crippen LogP contribution < -0.4 is 4.74 Å². The van der Waals surface area contributed by atoms with Crippen molar-refractivity contribution >= 4 is 11.9 Å². The number of esters is 1. The van der Waals surface area contributed by atoms with E-state index in [4.69, 9.17) is 9.47 Å². The molecule has 0 bridgehead atoms. The monoisotopic (exact) mass is 401 g/mol. The molecule has 1 aliphatic heterocycles. The Morgan fingerprint density at radius 2 is 1.47 bits per heavy atom. The van der Waals surface area contributed by atoms with Crippen LogP contribution in [0.3, 0.4) is 0 Å². The van der Waals surface area contributed by atoms with Gasteiger partial charge in [-0.05, 0) is 60.9 Å². The summed E-state index contributed by atoms with van der Waals surface area (Å²) in [5, 5.41) is 0. The van der Waals surface area contributed by atoms with Crippen molar-refractivity contribution in [3.8, 4) is 11.5 Å². The van der Waals surface area contributed by atoms with Crippen LogP contribution in [0.5, 0.6) is 11.5 Å². The number of amides is 1. The van der Waals surface area contributed by atoms with Crippen molar-refractivity contribution in [2.45, 2.75) is 26.0 Å². The molecule has 0 saturated carbocycles. The SMILES string of the molecule is C[C@H](OC(=O)c1ccc(Oc2ccccc2)cc1)C(=O)N1CCc2ccccc2C1. The third-order valence-corrected chi connectivity index (χ3v) is 5.14. The van der Waals surface area contributed by atoms with Gasteiger partial charge in [-0.1, -0.05) is 42.5 Å². The maximum absolute atomic E-state index is 12.8. The molecule has 1 aliphatic rings. The quantitative estimate of drug-likeness (QED) is 0.586. The molecule has 0 N–H and O–H groups in total. The van der Waals surface area contributed by atoms with E-state index in [1.54, 1.807) is 36.1 Å². The Bertz CT molecular complexity index is 1030. The van der Waals surface area contributed by atoms with Gasteiger partial charge in [0.05, 0.1) is 5.56 Å². The number of ether oxygens (including phenoxy) is 2. The number of carbonyl (C=O) groups is 2. The van der Waals surface area contributed by atoms with Crippen LogP contribution in [0.4, 0.5) is 0 Å². The van der Waals surface area contributed by atoms with E-state index in [-0.39, 0.29) is 5.91 Å². The molecule has 5 heteroatoms. The third-order valence-electron chi connectivity index (χ3n) is 5.14. The predicted molar refractivity (Wildman–Crippen MR) is 113 cm³/mol. The Hall–Kier alpha value is -3.60. The molecule has 1 atom stereocenters. The molecular weight excluding hydrogens is 378 g/mol. The highest BCUT2D eigenvalue weighted by Crippen LogP contribution is 2.22. The molecule has 0 spiro atoms. The van der Waals surface area contributed by atoms with E-state index in [1.165, 1.54) is 5.56 Å². The molecule has 0 aliphatic carbocycles. The Morgan fingerprint density at radius 1 is 0.833 bits per heavy atom. The van der Waals surface area contributed by atoms with Crippen molar-refractivity contribution in [1.29, 1.82) is 0 Å². The number of carbonyl (C=O) groups excluding carboxylic acids is 2. The maximum Gasteiger partial charge on any atom is 0.338 e. The highest BCUT2D eigenvalue weighted by molar-refractivity contribution is 5.92. The lowest BCUT2D eigenvalue weighted by molar-refractivity contribution is -0.140. The largest absolute Gasteiger partial charge is 0.457 e. The van der Waals surface area contributed by atoms with Crippen molar-refractivity contribution in [3.63, 3.8) is 0 Å². The molecular formula is C25H23NO4. The van der Waals surface area contributed by atoms with Crippen molar-refractivity contribution in [2.24, 2.45) is 0 Å². The minimum Gasteiger partial charge on any atom is -0.457 e. The molecule has 3 aromatic rings. The molecule has 3 aromatic carbocycles. The van der Waals surface area contributed by atoms with Crippen LogP contribution in [0, 0.1) is 0 Å². The lowest BCUT2D eigenvalue weighted by Gasteiger charge is -2.30. The summed E-state index contributed by atoms with van der Waals surface area (Å²) in [5.74, 6) is 0.630. The first-order chi connectivity index (χ1) is 14.6. The van der Waals surface area contributed by atoms with Crippen LogP contribution in [0.15, 0.2) is 78.9 Å². The van der Waals surface area contributed by atoms with E-state index in [2.05, 4.69) is 6.07 Å². The molecule has 1 amide bonds. The predicted octanol–water partition coefficient (Wildman–Crippen LogP) is 4.61. The van der Waals surface area contributed by atoms with Gasteiger partial charge in [0.25, 0.3) is 5.91 Å². The number of nitrogens with zero attached hydrogens (tertiary/aromatic N) is 1. The van der Waals surface area contributed by atoms with Crippen molar-refractivity contribution in [3.05, 3.63) is 95.6 Å². The van der Waals surface area contributed by atoms with Gasteiger partial charge in [-0.25, -0.2) is 4.79 Å². The second-order valence-electron chi connectivity index (χ2n) is 7.27. The van der Waals surface area contributed by atoms with Gasteiger partial charge in [-0.3, -0.25) is 4.79 Å². The van der Waals surface area contributed by atoms with E-state index in [0.717, 1.165) is 17.7 Å². The second kappa shape index (κ2) is 8.82. The molecule has 4 rings (SSSR count). The standard InChI is InChI=1S/C25H23NO4/c1-18(24(27)26-16-15-19-7-5-6-8-21(19)17-26)29-25(28)20-11-13-23(14-12-20)30-22-9-3-2-4-10-22/h2-14,18H,15-17H2,1H3/t18-/m0/s1. The van der Waals surface area contributed by atoms with Gasteiger partial charge in [0.15, 0.2) is 6.10 Å². The Labute approximate surface area is 175 Å². The minimum atomic E-state index is -0.844. The van der Waals surface area contributed by atoms with Crippen molar-refractivity contribution in [2.75, 3.05) is 6.54 Å². The molecule has 1 heterocycles. The van der Waals surface area contributed by atoms with Crippen molar-refractivity contribution in [1.82, 2.24) is 4.90 Å². The molecule has 30 heavy (non-hydrogen) atoms. The normalized spacial score (nSPS) is 13.8. The molecule has 5 nitrogen and oxygen atoms in total. The van der Waals surface area contributed by atoms with Gasteiger partial charge >= 0.3 is 5.97 Å². The number of hydrogen-bond acceptors (Lipinski definition) is 4. The summed E-state index contributed by atoms with van der Waals surface area (Å²) in [4.78, 5) is 27.0. The summed E-state index contributed by atoms with van der Waals surface area (Å²) in [6.07, 6.45) is -0.0335. The van der Waals surface area contributed by atoms with Gasteiger partial charge in [-0.15, -0.1) is 0 Å². The smallest absolute Gasteiger partial charge is 0.338 e. The molecule has 0 fully saturated rings. The fourth-order valence-electron chi connectivity index (χ4n) is 3.50. The second-order valence-corrected chi connectivity index (χ2v) is 7.27. The Kier molecular flexibility index (Phi) is 5.80. The summed E-state index contributed by atoms with van der Waals surface area (Å²) in [6.45, 7) is 2.79. The molecule has 0 aromatic heterocycles. The molecule has 152 valence electrons. The van der Waals surface area contributed by atoms with Crippen LogP contribution in [0.25, 0.3) is 0 Å². The summed E-state index contributed by atoms with van der Waals surface area (Å²) >= 11 is 0. The lowest BCUT2D eigenvalue weighted by Crippen LogP contribution is -2.42. The number of hydrogen-bond donors (Lipinski definition) is 0. The average molecular weight is 401 g/mol. The van der Waals surface area contributed by atoms with Crippen LogP contribution >= 0.6 is 0 Å². The summed E-state index contributed by atoms with van der Waals surface area (Å²) in [5.41, 5.74) is 2.78. The van der Waals surface area contributed by atoms with Gasteiger partial charge in [-0.2, -0.15) is 0 Å². The van der Waals surface area contributed by atoms with E-state index >= 15 is 0 Å². The van der Waals surface area contributed by atoms with Crippen LogP contribution in [-0.4, -0.2) is 29.4 Å². The number of rotatable bonds is 5. The Balaban J connectivity index is 1.34. The summed E-state index contributed by atoms with van der Waals surface area (Å²) in [6, 6.07) is 24.2.